The molecule has 0 aromatic heterocycles. The number of hydrogen-bond donors (Lipinski definition) is 1. The van der Waals surface area contributed by atoms with Gasteiger partial charge in [-0.05, 0) is 68.6 Å². The standard InChI is InChI=1S/C15H23NO3/c1-2-19-14(18)12(13(16)17)15-6-9-3-10(7-15)5-11(4-9)8-15/h9-12H,2-8H2,1H3,(H2,16,17). The van der Waals surface area contributed by atoms with Crippen LogP contribution in [-0.2, 0) is 14.3 Å². The van der Waals surface area contributed by atoms with Crippen LogP contribution in [0.5, 0.6) is 0 Å². The van der Waals surface area contributed by atoms with Crippen molar-refractivity contribution in [3.63, 3.8) is 0 Å². The molecule has 4 aliphatic rings. The fourth-order valence-corrected chi connectivity index (χ4v) is 5.42. The minimum atomic E-state index is -0.721. The van der Waals surface area contributed by atoms with Crippen LogP contribution in [0.2, 0.25) is 0 Å². The van der Waals surface area contributed by atoms with Crippen molar-refractivity contribution in [3.05, 3.63) is 0 Å². The van der Waals surface area contributed by atoms with Crippen molar-refractivity contribution in [3.8, 4) is 0 Å². The van der Waals surface area contributed by atoms with E-state index in [4.69, 9.17) is 10.5 Å². The quantitative estimate of drug-likeness (QED) is 0.623. The number of esters is 1. The lowest BCUT2D eigenvalue weighted by molar-refractivity contribution is -0.167. The summed E-state index contributed by atoms with van der Waals surface area (Å²) in [6.07, 6.45) is 6.83. The highest BCUT2D eigenvalue weighted by Gasteiger charge is 2.58. The first-order valence-corrected chi connectivity index (χ1v) is 7.50. The summed E-state index contributed by atoms with van der Waals surface area (Å²) in [6.45, 7) is 2.09. The summed E-state index contributed by atoms with van der Waals surface area (Å²) in [5.41, 5.74) is 5.36. The van der Waals surface area contributed by atoms with Gasteiger partial charge in [-0.3, -0.25) is 9.59 Å². The van der Waals surface area contributed by atoms with Gasteiger partial charge in [-0.25, -0.2) is 0 Å². The topological polar surface area (TPSA) is 69.4 Å². The first-order valence-electron chi connectivity index (χ1n) is 7.50. The van der Waals surface area contributed by atoms with Crippen LogP contribution in [0.3, 0.4) is 0 Å². The Kier molecular flexibility index (Phi) is 3.06. The van der Waals surface area contributed by atoms with Crippen molar-refractivity contribution in [1.82, 2.24) is 0 Å². The van der Waals surface area contributed by atoms with E-state index in [1.165, 1.54) is 19.3 Å². The van der Waals surface area contributed by atoms with Crippen LogP contribution in [0, 0.1) is 29.1 Å². The Labute approximate surface area is 114 Å². The van der Waals surface area contributed by atoms with Crippen LogP contribution in [0.25, 0.3) is 0 Å². The summed E-state index contributed by atoms with van der Waals surface area (Å²) in [7, 11) is 0. The van der Waals surface area contributed by atoms with Crippen molar-refractivity contribution < 1.29 is 14.3 Å². The Bertz CT molecular complexity index is 369. The monoisotopic (exact) mass is 265 g/mol. The molecule has 2 N–H and O–H groups in total. The molecule has 0 aromatic rings. The van der Waals surface area contributed by atoms with Crippen molar-refractivity contribution >= 4 is 11.9 Å². The lowest BCUT2D eigenvalue weighted by atomic mass is 9.46. The van der Waals surface area contributed by atoms with Crippen molar-refractivity contribution in [2.24, 2.45) is 34.8 Å². The molecule has 1 atom stereocenters. The zero-order valence-corrected chi connectivity index (χ0v) is 11.6. The molecule has 0 heterocycles. The molecule has 4 nitrogen and oxygen atoms in total. The molecule has 0 aliphatic heterocycles. The molecular formula is C15H23NO3. The van der Waals surface area contributed by atoms with Gasteiger partial charge in [0.1, 0.15) is 5.92 Å². The summed E-state index contributed by atoms with van der Waals surface area (Å²) >= 11 is 0. The van der Waals surface area contributed by atoms with Crippen molar-refractivity contribution in [1.29, 1.82) is 0 Å². The molecule has 4 saturated carbocycles. The van der Waals surface area contributed by atoms with Crippen molar-refractivity contribution in [2.45, 2.75) is 45.4 Å². The summed E-state index contributed by atoms with van der Waals surface area (Å²) < 4.78 is 5.12. The maximum atomic E-state index is 12.2. The molecule has 106 valence electrons. The van der Waals surface area contributed by atoms with Gasteiger partial charge in [0.2, 0.25) is 5.91 Å². The fourth-order valence-electron chi connectivity index (χ4n) is 5.42. The van der Waals surface area contributed by atoms with Crippen LogP contribution >= 0.6 is 0 Å². The normalized spacial score (nSPS) is 41.0. The first-order chi connectivity index (χ1) is 9.04. The van der Waals surface area contributed by atoms with Crippen LogP contribution in [-0.4, -0.2) is 18.5 Å². The second-order valence-electron chi connectivity index (χ2n) is 6.87. The van der Waals surface area contributed by atoms with Gasteiger partial charge < -0.3 is 10.5 Å². The predicted molar refractivity (Wildman–Crippen MR) is 69.9 cm³/mol. The lowest BCUT2D eigenvalue weighted by Crippen LogP contribution is -2.55. The third-order valence-electron chi connectivity index (χ3n) is 5.50. The number of amides is 1. The van der Waals surface area contributed by atoms with E-state index in [0.29, 0.717) is 24.4 Å². The molecule has 0 radical (unpaired) electrons. The van der Waals surface area contributed by atoms with E-state index in [0.717, 1.165) is 19.3 Å². The largest absolute Gasteiger partial charge is 0.465 e. The zero-order valence-electron chi connectivity index (χ0n) is 11.6. The number of primary amides is 1. The van der Waals surface area contributed by atoms with Gasteiger partial charge in [-0.2, -0.15) is 0 Å². The molecule has 1 unspecified atom stereocenters. The number of nitrogens with two attached hydrogens (primary N) is 1. The van der Waals surface area contributed by atoms with Crippen LogP contribution in [0.4, 0.5) is 0 Å². The summed E-state index contributed by atoms with van der Waals surface area (Å²) in [6, 6.07) is 0. The van der Waals surface area contributed by atoms with Gasteiger partial charge in [-0.15, -0.1) is 0 Å². The van der Waals surface area contributed by atoms with Crippen LogP contribution < -0.4 is 5.73 Å². The number of carbonyl (C=O) groups excluding carboxylic acids is 2. The molecule has 1 amide bonds. The Balaban J connectivity index is 1.89. The Hall–Kier alpha value is -1.06. The number of carbonyl (C=O) groups is 2. The van der Waals surface area contributed by atoms with Gasteiger partial charge in [0.25, 0.3) is 0 Å². The molecule has 0 saturated heterocycles. The molecule has 0 spiro atoms. The minimum Gasteiger partial charge on any atom is -0.465 e. The highest BCUT2D eigenvalue weighted by Crippen LogP contribution is 2.62. The third-order valence-corrected chi connectivity index (χ3v) is 5.50. The molecule has 4 rings (SSSR count). The van der Waals surface area contributed by atoms with E-state index in [-0.39, 0.29) is 5.41 Å². The average Bonchev–Trinajstić information content (AvgIpc) is 2.25. The number of hydrogen-bond acceptors (Lipinski definition) is 3. The Morgan fingerprint density at radius 3 is 2.00 bits per heavy atom. The first kappa shape index (κ1) is 12.9. The number of ether oxygens (including phenoxy) is 1. The SMILES string of the molecule is CCOC(=O)C(C(N)=O)C12CC3CC(CC(C3)C1)C2. The van der Waals surface area contributed by atoms with E-state index >= 15 is 0 Å². The fraction of sp³-hybridized carbons (Fsp3) is 0.867. The molecule has 19 heavy (non-hydrogen) atoms. The average molecular weight is 265 g/mol. The number of rotatable bonds is 4. The summed E-state index contributed by atoms with van der Waals surface area (Å²) in [5, 5.41) is 0. The maximum Gasteiger partial charge on any atom is 0.319 e. The van der Waals surface area contributed by atoms with Gasteiger partial charge in [0.05, 0.1) is 6.61 Å². The smallest absolute Gasteiger partial charge is 0.319 e. The highest BCUT2D eigenvalue weighted by molar-refractivity contribution is 5.98. The molecule has 4 fully saturated rings. The van der Waals surface area contributed by atoms with E-state index in [9.17, 15) is 9.59 Å². The Morgan fingerprint density at radius 1 is 1.16 bits per heavy atom. The predicted octanol–water partition coefficient (Wildman–Crippen LogP) is 1.87. The molecule has 4 bridgehead atoms. The van der Waals surface area contributed by atoms with Crippen LogP contribution in [0.1, 0.15) is 45.4 Å². The van der Waals surface area contributed by atoms with Gasteiger partial charge in [0, 0.05) is 0 Å². The summed E-state index contributed by atoms with van der Waals surface area (Å²) in [4.78, 5) is 24.0. The second kappa shape index (κ2) is 4.50. The van der Waals surface area contributed by atoms with E-state index in [2.05, 4.69) is 0 Å². The van der Waals surface area contributed by atoms with E-state index in [1.807, 2.05) is 0 Å². The van der Waals surface area contributed by atoms with Crippen molar-refractivity contribution in [2.75, 3.05) is 6.61 Å². The van der Waals surface area contributed by atoms with E-state index in [1.54, 1.807) is 6.92 Å². The third kappa shape index (κ3) is 2.05. The lowest BCUT2D eigenvalue weighted by Gasteiger charge is -2.58. The minimum absolute atomic E-state index is 0.188. The van der Waals surface area contributed by atoms with Gasteiger partial charge in [0.15, 0.2) is 0 Å². The second-order valence-corrected chi connectivity index (χ2v) is 6.87. The van der Waals surface area contributed by atoms with E-state index < -0.39 is 17.8 Å². The molecule has 0 aromatic carbocycles. The van der Waals surface area contributed by atoms with Crippen LogP contribution in [0.15, 0.2) is 0 Å². The highest BCUT2D eigenvalue weighted by atomic mass is 16.5. The molecular weight excluding hydrogens is 242 g/mol. The Morgan fingerprint density at radius 2 is 1.63 bits per heavy atom. The summed E-state index contributed by atoms with van der Waals surface area (Å²) in [5.74, 6) is 0.491. The zero-order chi connectivity index (χ0) is 13.6. The molecule has 4 aliphatic carbocycles. The molecule has 4 heteroatoms. The maximum absolute atomic E-state index is 12.2. The van der Waals surface area contributed by atoms with Gasteiger partial charge >= 0.3 is 5.97 Å². The van der Waals surface area contributed by atoms with Gasteiger partial charge in [-0.1, -0.05) is 0 Å².